The van der Waals surface area contributed by atoms with Gasteiger partial charge in [0.15, 0.2) is 11.0 Å². The molecule has 0 radical (unpaired) electrons. The highest BCUT2D eigenvalue weighted by Gasteiger charge is 2.22. The van der Waals surface area contributed by atoms with E-state index in [0.717, 1.165) is 24.9 Å². The van der Waals surface area contributed by atoms with Gasteiger partial charge in [0.25, 0.3) is 0 Å². The zero-order chi connectivity index (χ0) is 13.9. The van der Waals surface area contributed by atoms with Crippen LogP contribution in [0, 0.1) is 5.92 Å². The van der Waals surface area contributed by atoms with Crippen molar-refractivity contribution in [3.05, 3.63) is 29.4 Å². The van der Waals surface area contributed by atoms with Crippen molar-refractivity contribution in [2.24, 2.45) is 5.92 Å². The molecule has 1 saturated heterocycles. The number of carbonyl (C=O) groups excluding carboxylic acids is 1. The normalized spacial score (nSPS) is 18.9. The van der Waals surface area contributed by atoms with Crippen LogP contribution in [0.5, 0.6) is 0 Å². The molecule has 20 heavy (non-hydrogen) atoms. The van der Waals surface area contributed by atoms with Gasteiger partial charge < -0.3 is 10.6 Å². The van der Waals surface area contributed by atoms with Gasteiger partial charge in [-0.15, -0.1) is 0 Å². The standard InChI is InChI=1S/C14H15ClN4O/c15-12-13(18-11-6-2-1-5-10(11)17-12)19-14(20)9-4-3-7-16-8-9/h1-2,5-6,9,16H,3-4,7-8H2,(H,18,19,20)/t9-/m1/s1. The maximum Gasteiger partial charge on any atom is 0.230 e. The summed E-state index contributed by atoms with van der Waals surface area (Å²) >= 11 is 6.08. The third-order valence-corrected chi connectivity index (χ3v) is 3.70. The first-order chi connectivity index (χ1) is 9.74. The molecular formula is C14H15ClN4O. The van der Waals surface area contributed by atoms with Gasteiger partial charge in [0.2, 0.25) is 5.91 Å². The fraction of sp³-hybridized carbons (Fsp3) is 0.357. The average Bonchev–Trinajstić information content (AvgIpc) is 2.49. The molecule has 1 atom stereocenters. The molecule has 3 rings (SSSR count). The van der Waals surface area contributed by atoms with Gasteiger partial charge >= 0.3 is 0 Å². The first-order valence-corrected chi connectivity index (χ1v) is 7.06. The van der Waals surface area contributed by atoms with E-state index in [0.29, 0.717) is 17.9 Å². The van der Waals surface area contributed by atoms with Crippen molar-refractivity contribution in [3.8, 4) is 0 Å². The predicted octanol–water partition coefficient (Wildman–Crippen LogP) is 2.22. The highest BCUT2D eigenvalue weighted by atomic mass is 35.5. The fourth-order valence-corrected chi connectivity index (χ4v) is 2.53. The van der Waals surface area contributed by atoms with Crippen LogP contribution in [0.3, 0.4) is 0 Å². The van der Waals surface area contributed by atoms with E-state index in [-0.39, 0.29) is 17.0 Å². The van der Waals surface area contributed by atoms with Gasteiger partial charge in [0.05, 0.1) is 17.0 Å². The predicted molar refractivity (Wildman–Crippen MR) is 78.8 cm³/mol. The minimum absolute atomic E-state index is 0.0342. The Morgan fingerprint density at radius 3 is 2.75 bits per heavy atom. The van der Waals surface area contributed by atoms with Crippen molar-refractivity contribution in [1.82, 2.24) is 15.3 Å². The summed E-state index contributed by atoms with van der Waals surface area (Å²) in [6, 6.07) is 7.43. The van der Waals surface area contributed by atoms with Gasteiger partial charge in [-0.3, -0.25) is 4.79 Å². The number of rotatable bonds is 2. The van der Waals surface area contributed by atoms with Gasteiger partial charge in [-0.1, -0.05) is 23.7 Å². The molecule has 0 saturated carbocycles. The molecule has 2 N–H and O–H groups in total. The van der Waals surface area contributed by atoms with Crippen LogP contribution in [0.1, 0.15) is 12.8 Å². The van der Waals surface area contributed by atoms with Crippen LogP contribution in [0.2, 0.25) is 5.15 Å². The molecule has 2 aromatic rings. The van der Waals surface area contributed by atoms with Gasteiger partial charge in [0.1, 0.15) is 0 Å². The minimum atomic E-state index is -0.0521. The van der Waals surface area contributed by atoms with Gasteiger partial charge in [-0.05, 0) is 31.5 Å². The summed E-state index contributed by atoms with van der Waals surface area (Å²) in [6.45, 7) is 1.67. The third kappa shape index (κ3) is 2.73. The van der Waals surface area contributed by atoms with Crippen LogP contribution in [0.25, 0.3) is 11.0 Å². The largest absolute Gasteiger partial charge is 0.316 e. The molecule has 1 amide bonds. The Bertz CT molecular complexity index is 640. The Kier molecular flexibility index (Phi) is 3.80. The fourth-order valence-electron chi connectivity index (χ4n) is 2.35. The zero-order valence-corrected chi connectivity index (χ0v) is 11.7. The summed E-state index contributed by atoms with van der Waals surface area (Å²) in [5.74, 6) is 0.248. The molecule has 6 heteroatoms. The van der Waals surface area contributed by atoms with E-state index in [1.807, 2.05) is 24.3 Å². The van der Waals surface area contributed by atoms with E-state index >= 15 is 0 Å². The Balaban J connectivity index is 1.82. The first kappa shape index (κ1) is 13.3. The lowest BCUT2D eigenvalue weighted by molar-refractivity contribution is -0.120. The summed E-state index contributed by atoms with van der Waals surface area (Å²) in [7, 11) is 0. The molecule has 1 aliphatic rings. The maximum absolute atomic E-state index is 12.2. The number of nitrogens with zero attached hydrogens (tertiary/aromatic N) is 2. The number of hydrogen-bond acceptors (Lipinski definition) is 4. The number of anilines is 1. The SMILES string of the molecule is O=C(Nc1nc2ccccc2nc1Cl)[C@@H]1CCCNC1. The van der Waals surface area contributed by atoms with Crippen LogP contribution in [-0.2, 0) is 4.79 Å². The lowest BCUT2D eigenvalue weighted by Gasteiger charge is -2.21. The quantitative estimate of drug-likeness (QED) is 0.890. The van der Waals surface area contributed by atoms with Crippen LogP contribution in [0.15, 0.2) is 24.3 Å². The summed E-state index contributed by atoms with van der Waals surface area (Å²) in [5, 5.41) is 6.23. The Labute approximate surface area is 121 Å². The van der Waals surface area contributed by atoms with E-state index in [4.69, 9.17) is 11.6 Å². The molecule has 0 bridgehead atoms. The lowest BCUT2D eigenvalue weighted by atomic mass is 9.99. The number of benzene rings is 1. The van der Waals surface area contributed by atoms with Crippen molar-refractivity contribution in [2.45, 2.75) is 12.8 Å². The maximum atomic E-state index is 12.2. The summed E-state index contributed by atoms with van der Waals surface area (Å²) in [4.78, 5) is 20.8. The number of aromatic nitrogens is 2. The van der Waals surface area contributed by atoms with Crippen LogP contribution in [-0.4, -0.2) is 29.0 Å². The highest BCUT2D eigenvalue weighted by Crippen LogP contribution is 2.22. The second kappa shape index (κ2) is 5.73. The van der Waals surface area contributed by atoms with Crippen molar-refractivity contribution < 1.29 is 4.79 Å². The highest BCUT2D eigenvalue weighted by molar-refractivity contribution is 6.32. The van der Waals surface area contributed by atoms with E-state index < -0.39 is 0 Å². The lowest BCUT2D eigenvalue weighted by Crippen LogP contribution is -2.37. The molecule has 5 nitrogen and oxygen atoms in total. The van der Waals surface area contributed by atoms with E-state index in [1.165, 1.54) is 0 Å². The minimum Gasteiger partial charge on any atom is -0.316 e. The number of halogens is 1. The van der Waals surface area contributed by atoms with Crippen molar-refractivity contribution in [1.29, 1.82) is 0 Å². The zero-order valence-electron chi connectivity index (χ0n) is 10.9. The topological polar surface area (TPSA) is 66.9 Å². The van der Waals surface area contributed by atoms with Gasteiger partial charge in [-0.25, -0.2) is 9.97 Å². The number of piperidine rings is 1. The van der Waals surface area contributed by atoms with Crippen molar-refractivity contribution in [2.75, 3.05) is 18.4 Å². The van der Waals surface area contributed by atoms with Crippen LogP contribution >= 0.6 is 11.6 Å². The van der Waals surface area contributed by atoms with E-state index in [1.54, 1.807) is 0 Å². The molecule has 0 aliphatic carbocycles. The summed E-state index contributed by atoms with van der Waals surface area (Å²) < 4.78 is 0. The molecule has 1 aliphatic heterocycles. The molecule has 1 aromatic carbocycles. The van der Waals surface area contributed by atoms with Gasteiger partial charge in [-0.2, -0.15) is 0 Å². The molecule has 2 heterocycles. The molecule has 1 aromatic heterocycles. The number of para-hydroxylation sites is 2. The number of amides is 1. The second-order valence-electron chi connectivity index (χ2n) is 4.88. The molecule has 1 fully saturated rings. The summed E-state index contributed by atoms with van der Waals surface area (Å²) in [6.07, 6.45) is 1.90. The van der Waals surface area contributed by atoms with Crippen LogP contribution in [0.4, 0.5) is 5.82 Å². The Hall–Kier alpha value is -1.72. The van der Waals surface area contributed by atoms with E-state index in [2.05, 4.69) is 20.6 Å². The Morgan fingerprint density at radius 2 is 2.05 bits per heavy atom. The molecular weight excluding hydrogens is 276 g/mol. The van der Waals surface area contributed by atoms with E-state index in [9.17, 15) is 4.79 Å². The monoisotopic (exact) mass is 290 g/mol. The summed E-state index contributed by atoms with van der Waals surface area (Å²) in [5.41, 5.74) is 1.43. The average molecular weight is 291 g/mol. The number of hydrogen-bond donors (Lipinski definition) is 2. The van der Waals surface area contributed by atoms with Crippen LogP contribution < -0.4 is 10.6 Å². The number of carbonyl (C=O) groups is 1. The third-order valence-electron chi connectivity index (χ3n) is 3.44. The molecule has 0 unspecified atom stereocenters. The molecule has 104 valence electrons. The van der Waals surface area contributed by atoms with Gasteiger partial charge in [0, 0.05) is 6.54 Å². The molecule has 0 spiro atoms. The number of fused-ring (bicyclic) bond motifs is 1. The van der Waals surface area contributed by atoms with Crippen molar-refractivity contribution >= 4 is 34.4 Å². The number of nitrogens with one attached hydrogen (secondary N) is 2. The first-order valence-electron chi connectivity index (χ1n) is 6.68. The van der Waals surface area contributed by atoms with Crippen molar-refractivity contribution in [3.63, 3.8) is 0 Å². The second-order valence-corrected chi connectivity index (χ2v) is 5.24. The smallest absolute Gasteiger partial charge is 0.230 e. The Morgan fingerprint density at radius 1 is 1.30 bits per heavy atom.